The highest BCUT2D eigenvalue weighted by Gasteiger charge is 2.43. The molecule has 0 aliphatic heterocycles. The summed E-state index contributed by atoms with van der Waals surface area (Å²) in [5.41, 5.74) is 5.14. The first-order valence-electron chi connectivity index (χ1n) is 8.76. The first-order chi connectivity index (χ1) is 12.4. The van der Waals surface area contributed by atoms with Crippen molar-refractivity contribution in [3.63, 3.8) is 0 Å². The number of rotatable bonds is 4. The normalized spacial score (nSPS) is 18.8. The molecule has 0 atom stereocenters. The molecule has 0 saturated heterocycles. The average Bonchev–Trinajstić information content (AvgIpc) is 3.03. The van der Waals surface area contributed by atoms with Gasteiger partial charge in [-0.25, -0.2) is 18.5 Å². The highest BCUT2D eigenvalue weighted by molar-refractivity contribution is 7.89. The molecule has 26 heavy (non-hydrogen) atoms. The summed E-state index contributed by atoms with van der Waals surface area (Å²) in [4.78, 5) is 4.50. The molecule has 2 aromatic rings. The fraction of sp³-hybridized carbons (Fsp3) is 0.350. The molecule has 1 spiro atoms. The molecule has 5 nitrogen and oxygen atoms in total. The van der Waals surface area contributed by atoms with Crippen LogP contribution in [0.1, 0.15) is 43.2 Å². The lowest BCUT2D eigenvalue weighted by Crippen LogP contribution is -2.26. The summed E-state index contributed by atoms with van der Waals surface area (Å²) < 4.78 is 28.2. The Morgan fingerprint density at radius 3 is 2.08 bits per heavy atom. The van der Waals surface area contributed by atoms with Crippen molar-refractivity contribution in [2.75, 3.05) is 7.11 Å². The summed E-state index contributed by atoms with van der Waals surface area (Å²) in [6.45, 7) is 0. The molecular formula is C20H22N2O3S. The maximum atomic E-state index is 11.5. The van der Waals surface area contributed by atoms with Crippen LogP contribution in [0.15, 0.2) is 47.5 Å². The van der Waals surface area contributed by atoms with Crippen LogP contribution >= 0.6 is 0 Å². The maximum absolute atomic E-state index is 11.5. The molecule has 4 rings (SSSR count). The highest BCUT2D eigenvalue weighted by atomic mass is 32.2. The molecule has 1 heterocycles. The number of benzene rings is 1. The molecule has 6 heteroatoms. The summed E-state index contributed by atoms with van der Waals surface area (Å²) in [5.74, 6) is 0.602. The largest absolute Gasteiger partial charge is 0.481 e. The summed E-state index contributed by atoms with van der Waals surface area (Å²) >= 11 is 0. The van der Waals surface area contributed by atoms with Gasteiger partial charge in [0.25, 0.3) is 0 Å². The van der Waals surface area contributed by atoms with E-state index in [1.54, 1.807) is 19.2 Å². The van der Waals surface area contributed by atoms with E-state index in [0.717, 1.165) is 24.0 Å². The fourth-order valence-electron chi connectivity index (χ4n) is 4.13. The lowest BCUT2D eigenvalue weighted by Gasteiger charge is -2.39. The maximum Gasteiger partial charge on any atom is 0.238 e. The van der Waals surface area contributed by atoms with Crippen LogP contribution in [0.2, 0.25) is 0 Å². The molecule has 0 radical (unpaired) electrons. The summed E-state index contributed by atoms with van der Waals surface area (Å²) in [6, 6.07) is 10.8. The zero-order valence-electron chi connectivity index (χ0n) is 14.7. The van der Waals surface area contributed by atoms with Crippen LogP contribution in [0.4, 0.5) is 0 Å². The first-order valence-corrected chi connectivity index (χ1v) is 10.3. The molecular weight excluding hydrogens is 348 g/mol. The van der Waals surface area contributed by atoms with E-state index in [0.29, 0.717) is 11.3 Å². The lowest BCUT2D eigenvalue weighted by atomic mass is 9.66. The molecule has 0 bridgehead atoms. The van der Waals surface area contributed by atoms with Crippen LogP contribution in [0, 0.1) is 5.41 Å². The van der Waals surface area contributed by atoms with Gasteiger partial charge in [0.1, 0.15) is 0 Å². The third-order valence-corrected chi connectivity index (χ3v) is 6.64. The quantitative estimate of drug-likeness (QED) is 0.891. The molecule has 0 unspecified atom stereocenters. The molecule has 0 amide bonds. The van der Waals surface area contributed by atoms with Gasteiger partial charge in [0, 0.05) is 12.3 Å². The SMILES string of the molecule is COc1ccc(C2=C(c3ccc(S(N)(=O)=O)cc3)CC3(CCC3)C2)cn1. The Bertz CT molecular complexity index is 957. The highest BCUT2D eigenvalue weighted by Crippen LogP contribution is 2.59. The van der Waals surface area contributed by atoms with Crippen molar-refractivity contribution < 1.29 is 13.2 Å². The number of aromatic nitrogens is 1. The molecule has 1 fully saturated rings. The zero-order chi connectivity index (χ0) is 18.4. The van der Waals surface area contributed by atoms with Crippen LogP contribution < -0.4 is 9.88 Å². The second kappa shape index (κ2) is 6.21. The number of pyridine rings is 1. The lowest BCUT2D eigenvalue weighted by molar-refractivity contribution is 0.157. The number of hydrogen-bond acceptors (Lipinski definition) is 4. The van der Waals surface area contributed by atoms with Crippen LogP contribution in [-0.2, 0) is 10.0 Å². The second-order valence-electron chi connectivity index (χ2n) is 7.32. The van der Waals surface area contributed by atoms with Crippen molar-refractivity contribution >= 4 is 21.2 Å². The van der Waals surface area contributed by atoms with E-state index in [4.69, 9.17) is 9.88 Å². The molecule has 2 N–H and O–H groups in total. The van der Waals surface area contributed by atoms with Gasteiger partial charge in [-0.1, -0.05) is 18.6 Å². The number of nitrogens with zero attached hydrogens (tertiary/aromatic N) is 1. The van der Waals surface area contributed by atoms with Gasteiger partial charge in [0.2, 0.25) is 15.9 Å². The predicted octanol–water partition coefficient (Wildman–Crippen LogP) is 3.61. The van der Waals surface area contributed by atoms with Gasteiger partial charge in [-0.05, 0) is 71.6 Å². The molecule has 1 aromatic carbocycles. The topological polar surface area (TPSA) is 82.3 Å². The van der Waals surface area contributed by atoms with Crippen LogP contribution in [-0.4, -0.2) is 20.5 Å². The second-order valence-corrected chi connectivity index (χ2v) is 8.88. The number of nitrogens with two attached hydrogens (primary N) is 1. The van der Waals surface area contributed by atoms with Crippen LogP contribution in [0.5, 0.6) is 5.88 Å². The van der Waals surface area contributed by atoms with E-state index in [-0.39, 0.29) is 4.90 Å². The molecule has 2 aliphatic rings. The minimum Gasteiger partial charge on any atom is -0.481 e. The average molecular weight is 370 g/mol. The van der Waals surface area contributed by atoms with Crippen molar-refractivity contribution in [1.82, 2.24) is 4.98 Å². The Labute approximate surface area is 154 Å². The smallest absolute Gasteiger partial charge is 0.238 e. The first kappa shape index (κ1) is 17.2. The van der Waals surface area contributed by atoms with Gasteiger partial charge in [0.05, 0.1) is 12.0 Å². The Balaban J connectivity index is 1.75. The summed E-state index contributed by atoms with van der Waals surface area (Å²) in [6.07, 6.45) is 7.73. The molecule has 136 valence electrons. The van der Waals surface area contributed by atoms with Gasteiger partial charge in [-0.3, -0.25) is 0 Å². The van der Waals surface area contributed by atoms with Crippen molar-refractivity contribution in [3.8, 4) is 5.88 Å². The molecule has 1 aromatic heterocycles. The monoisotopic (exact) mass is 370 g/mol. The van der Waals surface area contributed by atoms with Crippen molar-refractivity contribution in [1.29, 1.82) is 0 Å². The van der Waals surface area contributed by atoms with Crippen LogP contribution in [0.3, 0.4) is 0 Å². The van der Waals surface area contributed by atoms with E-state index in [1.165, 1.54) is 30.4 Å². The standard InChI is InChI=1S/C20H22N2O3S/c1-25-19-8-5-15(13-22-19)18-12-20(9-2-10-20)11-17(18)14-3-6-16(7-4-14)26(21,23)24/h3-8,13H,2,9-12H2,1H3,(H2,21,23,24). The van der Waals surface area contributed by atoms with E-state index in [9.17, 15) is 8.42 Å². The summed E-state index contributed by atoms with van der Waals surface area (Å²) in [5, 5.41) is 5.22. The number of hydrogen-bond donors (Lipinski definition) is 1. The predicted molar refractivity (Wildman–Crippen MR) is 101 cm³/mol. The van der Waals surface area contributed by atoms with E-state index >= 15 is 0 Å². The van der Waals surface area contributed by atoms with Crippen molar-refractivity contribution in [3.05, 3.63) is 53.7 Å². The molecule has 2 aliphatic carbocycles. The van der Waals surface area contributed by atoms with E-state index < -0.39 is 10.0 Å². The van der Waals surface area contributed by atoms with Gasteiger partial charge < -0.3 is 4.74 Å². The number of methoxy groups -OCH3 is 1. The fourth-order valence-corrected chi connectivity index (χ4v) is 4.65. The molecule has 1 saturated carbocycles. The Morgan fingerprint density at radius 2 is 1.62 bits per heavy atom. The minimum absolute atomic E-state index is 0.144. The number of sulfonamides is 1. The number of ether oxygens (including phenoxy) is 1. The van der Waals surface area contributed by atoms with Crippen molar-refractivity contribution in [2.24, 2.45) is 10.6 Å². The van der Waals surface area contributed by atoms with Gasteiger partial charge in [-0.15, -0.1) is 0 Å². The van der Waals surface area contributed by atoms with E-state index in [2.05, 4.69) is 11.1 Å². The van der Waals surface area contributed by atoms with Gasteiger partial charge in [-0.2, -0.15) is 0 Å². The van der Waals surface area contributed by atoms with Crippen molar-refractivity contribution in [2.45, 2.75) is 37.0 Å². The van der Waals surface area contributed by atoms with Gasteiger partial charge >= 0.3 is 0 Å². The third kappa shape index (κ3) is 3.04. The minimum atomic E-state index is -3.67. The zero-order valence-corrected chi connectivity index (χ0v) is 15.6. The Hall–Kier alpha value is -2.18. The van der Waals surface area contributed by atoms with E-state index in [1.807, 2.05) is 24.4 Å². The number of primary sulfonamides is 1. The van der Waals surface area contributed by atoms with Crippen LogP contribution in [0.25, 0.3) is 11.1 Å². The Morgan fingerprint density at radius 1 is 1.00 bits per heavy atom. The third-order valence-electron chi connectivity index (χ3n) is 5.71. The number of allylic oxidation sites excluding steroid dienone is 2. The van der Waals surface area contributed by atoms with Gasteiger partial charge in [0.15, 0.2) is 0 Å². The summed E-state index contributed by atoms with van der Waals surface area (Å²) in [7, 11) is -2.06. The Kier molecular flexibility index (Phi) is 4.12.